The molecule has 1 aromatic carbocycles. The first-order chi connectivity index (χ1) is 14.1. The molecular formula is C21H29F2N5O. The minimum Gasteiger partial charge on any atom is -0.494 e. The molecule has 0 spiro atoms. The minimum absolute atomic E-state index is 0.0112. The maximum Gasteiger partial charge on any atom is 0.260 e. The Balaban J connectivity index is 1.27. The molecule has 4 rings (SSSR count). The van der Waals surface area contributed by atoms with Gasteiger partial charge < -0.3 is 15.0 Å². The number of nitrogens with one attached hydrogen (secondary N) is 1. The van der Waals surface area contributed by atoms with E-state index in [9.17, 15) is 8.78 Å². The first kappa shape index (κ1) is 20.1. The van der Waals surface area contributed by atoms with Crippen molar-refractivity contribution in [3.8, 4) is 5.75 Å². The van der Waals surface area contributed by atoms with Gasteiger partial charge in [-0.15, -0.1) is 0 Å². The Kier molecular flexibility index (Phi) is 6.28. The number of hydrogen-bond acceptors (Lipinski definition) is 5. The monoisotopic (exact) mass is 405 g/mol. The molecule has 1 saturated heterocycles. The Morgan fingerprint density at radius 3 is 3.07 bits per heavy atom. The predicted octanol–water partition coefficient (Wildman–Crippen LogP) is 3.76. The van der Waals surface area contributed by atoms with Gasteiger partial charge in [0.25, 0.3) is 6.43 Å². The van der Waals surface area contributed by atoms with Crippen LogP contribution in [0, 0.1) is 12.8 Å². The molecule has 1 fully saturated rings. The quantitative estimate of drug-likeness (QED) is 0.711. The van der Waals surface area contributed by atoms with Crippen LogP contribution < -0.4 is 10.1 Å². The van der Waals surface area contributed by atoms with Gasteiger partial charge >= 0.3 is 0 Å². The van der Waals surface area contributed by atoms with E-state index in [4.69, 9.17) is 4.74 Å². The fourth-order valence-corrected chi connectivity index (χ4v) is 4.51. The zero-order valence-electron chi connectivity index (χ0n) is 16.8. The van der Waals surface area contributed by atoms with Crippen molar-refractivity contribution in [2.45, 2.75) is 51.1 Å². The number of ether oxygens (including phenoxy) is 1. The fourth-order valence-electron chi connectivity index (χ4n) is 4.51. The summed E-state index contributed by atoms with van der Waals surface area (Å²) in [6.45, 7) is 5.68. The van der Waals surface area contributed by atoms with Crippen LogP contribution >= 0.6 is 0 Å². The molecule has 2 aromatic rings. The van der Waals surface area contributed by atoms with Gasteiger partial charge in [-0.3, -0.25) is 0 Å². The van der Waals surface area contributed by atoms with Gasteiger partial charge in [-0.25, -0.2) is 13.5 Å². The molecular weight excluding hydrogens is 376 g/mol. The van der Waals surface area contributed by atoms with E-state index in [1.54, 1.807) is 0 Å². The van der Waals surface area contributed by atoms with Gasteiger partial charge in [0.1, 0.15) is 18.1 Å². The molecule has 2 aliphatic rings. The van der Waals surface area contributed by atoms with Crippen LogP contribution in [-0.4, -0.2) is 58.4 Å². The fraction of sp³-hybridized carbons (Fsp3) is 0.619. The lowest BCUT2D eigenvalue weighted by molar-refractivity contribution is 0.0552. The molecule has 0 radical (unpaired) electrons. The van der Waals surface area contributed by atoms with E-state index in [1.165, 1.54) is 16.6 Å². The van der Waals surface area contributed by atoms with Crippen molar-refractivity contribution < 1.29 is 13.5 Å². The van der Waals surface area contributed by atoms with Crippen LogP contribution in [0.5, 0.6) is 5.75 Å². The zero-order valence-corrected chi connectivity index (χ0v) is 16.8. The third kappa shape index (κ3) is 4.86. The number of aryl methyl sites for hydroxylation is 1. The molecule has 1 aromatic heterocycles. The maximum absolute atomic E-state index is 13.5. The Morgan fingerprint density at radius 2 is 2.24 bits per heavy atom. The third-order valence-corrected chi connectivity index (χ3v) is 5.98. The van der Waals surface area contributed by atoms with Gasteiger partial charge in [0.05, 0.1) is 6.61 Å². The molecule has 158 valence electrons. The molecule has 0 aliphatic carbocycles. The van der Waals surface area contributed by atoms with Gasteiger partial charge in [0, 0.05) is 19.1 Å². The number of anilines is 1. The topological polar surface area (TPSA) is 55.2 Å². The van der Waals surface area contributed by atoms with Crippen LogP contribution in [0.15, 0.2) is 30.6 Å². The molecule has 29 heavy (non-hydrogen) atoms. The van der Waals surface area contributed by atoms with Crippen LogP contribution in [0.1, 0.15) is 37.3 Å². The van der Waals surface area contributed by atoms with Crippen molar-refractivity contribution in [3.63, 3.8) is 0 Å². The SMILES string of the molecule is Cc1cccc(OCCCN2CCC[C@H]([C@@H]3C[C@H](C(F)F)n4ncnc4N3)C2)c1. The lowest BCUT2D eigenvalue weighted by Crippen LogP contribution is -2.47. The van der Waals surface area contributed by atoms with Crippen LogP contribution in [0.4, 0.5) is 14.7 Å². The zero-order chi connectivity index (χ0) is 20.2. The molecule has 0 unspecified atom stereocenters. The van der Waals surface area contributed by atoms with E-state index in [0.717, 1.165) is 44.6 Å². The smallest absolute Gasteiger partial charge is 0.260 e. The van der Waals surface area contributed by atoms with E-state index in [2.05, 4.69) is 33.3 Å². The first-order valence-corrected chi connectivity index (χ1v) is 10.5. The van der Waals surface area contributed by atoms with Crippen molar-refractivity contribution in [3.05, 3.63) is 36.2 Å². The number of likely N-dealkylation sites (tertiary alicyclic amines) is 1. The van der Waals surface area contributed by atoms with Gasteiger partial charge in [0.2, 0.25) is 5.95 Å². The van der Waals surface area contributed by atoms with Gasteiger partial charge in [-0.05, 0) is 62.8 Å². The minimum atomic E-state index is -2.43. The van der Waals surface area contributed by atoms with Gasteiger partial charge in [0.15, 0.2) is 0 Å². The van der Waals surface area contributed by atoms with Crippen molar-refractivity contribution in [2.24, 2.45) is 5.92 Å². The molecule has 8 heteroatoms. The van der Waals surface area contributed by atoms with Crippen LogP contribution in [0.3, 0.4) is 0 Å². The van der Waals surface area contributed by atoms with E-state index < -0.39 is 12.5 Å². The Labute approximate surface area is 170 Å². The molecule has 6 nitrogen and oxygen atoms in total. The number of hydrogen-bond donors (Lipinski definition) is 1. The lowest BCUT2D eigenvalue weighted by Gasteiger charge is -2.40. The largest absolute Gasteiger partial charge is 0.494 e. The predicted molar refractivity (Wildman–Crippen MR) is 108 cm³/mol. The summed E-state index contributed by atoms with van der Waals surface area (Å²) < 4.78 is 34.2. The molecule has 3 heterocycles. The van der Waals surface area contributed by atoms with Crippen molar-refractivity contribution in [1.82, 2.24) is 19.7 Å². The number of aromatic nitrogens is 3. The van der Waals surface area contributed by atoms with Crippen LogP contribution in [-0.2, 0) is 0 Å². The van der Waals surface area contributed by atoms with E-state index >= 15 is 0 Å². The summed E-state index contributed by atoms with van der Waals surface area (Å²) in [4.78, 5) is 6.56. The van der Waals surface area contributed by atoms with Crippen LogP contribution in [0.2, 0.25) is 0 Å². The summed E-state index contributed by atoms with van der Waals surface area (Å²) in [5.41, 5.74) is 1.19. The number of alkyl halides is 2. The first-order valence-electron chi connectivity index (χ1n) is 10.5. The summed E-state index contributed by atoms with van der Waals surface area (Å²) in [5, 5.41) is 7.32. The highest BCUT2D eigenvalue weighted by Crippen LogP contribution is 2.34. The Bertz CT molecular complexity index is 799. The van der Waals surface area contributed by atoms with Crippen molar-refractivity contribution >= 4 is 5.95 Å². The summed E-state index contributed by atoms with van der Waals surface area (Å²) in [6.07, 6.45) is 2.40. The van der Waals surface area contributed by atoms with Gasteiger partial charge in [-0.2, -0.15) is 10.1 Å². The van der Waals surface area contributed by atoms with Crippen molar-refractivity contribution in [2.75, 3.05) is 31.6 Å². The third-order valence-electron chi connectivity index (χ3n) is 5.98. The number of rotatable bonds is 7. The molecule has 1 N–H and O–H groups in total. The lowest BCUT2D eigenvalue weighted by atomic mass is 9.86. The second kappa shape index (κ2) is 9.07. The van der Waals surface area contributed by atoms with E-state index in [0.29, 0.717) is 24.9 Å². The average molecular weight is 405 g/mol. The second-order valence-corrected chi connectivity index (χ2v) is 8.14. The molecule has 0 saturated carbocycles. The highest BCUT2D eigenvalue weighted by Gasteiger charge is 2.38. The second-order valence-electron chi connectivity index (χ2n) is 8.14. The standard InChI is InChI=1S/C21H29F2N5O/c1-15-5-2-7-17(11-15)29-10-4-9-27-8-3-6-16(13-27)18-12-19(20(22)23)28-21(26-18)24-14-25-28/h2,5,7,11,14,16,18-20H,3-4,6,8-10,12-13H2,1H3,(H,24,25,26)/t16-,18-,19+/m0/s1. The molecule has 2 aliphatic heterocycles. The number of nitrogens with zero attached hydrogens (tertiary/aromatic N) is 4. The molecule has 3 atom stereocenters. The summed E-state index contributed by atoms with van der Waals surface area (Å²) in [6, 6.07) is 7.21. The Morgan fingerprint density at radius 1 is 1.34 bits per heavy atom. The molecule has 0 bridgehead atoms. The molecule has 0 amide bonds. The highest BCUT2D eigenvalue weighted by atomic mass is 19.3. The summed E-state index contributed by atoms with van der Waals surface area (Å²) in [5.74, 6) is 1.72. The normalized spacial score (nSPS) is 24.9. The number of piperidine rings is 1. The van der Waals surface area contributed by atoms with E-state index in [-0.39, 0.29) is 6.04 Å². The number of benzene rings is 1. The maximum atomic E-state index is 13.5. The van der Waals surface area contributed by atoms with Crippen molar-refractivity contribution in [1.29, 1.82) is 0 Å². The Hall–Kier alpha value is -2.22. The number of halogens is 2. The van der Waals surface area contributed by atoms with E-state index in [1.807, 2.05) is 18.2 Å². The number of fused-ring (bicyclic) bond motifs is 1. The summed E-state index contributed by atoms with van der Waals surface area (Å²) in [7, 11) is 0. The average Bonchev–Trinajstić information content (AvgIpc) is 3.19. The highest BCUT2D eigenvalue weighted by molar-refractivity contribution is 5.30. The summed E-state index contributed by atoms with van der Waals surface area (Å²) >= 11 is 0. The van der Waals surface area contributed by atoms with Crippen LogP contribution in [0.25, 0.3) is 0 Å². The van der Waals surface area contributed by atoms with Gasteiger partial charge in [-0.1, -0.05) is 12.1 Å².